The first kappa shape index (κ1) is 14.7. The van der Waals surface area contributed by atoms with Crippen LogP contribution in [0.15, 0.2) is 36.7 Å². The van der Waals surface area contributed by atoms with Gasteiger partial charge in [-0.1, -0.05) is 56.5 Å². The standard InChI is InChI=1S/C18H24N2/c1-4-14(2)6-5-7-16-12-19-18(20-13-16)17-10-8-15(3)9-11-17/h8-14H,4-7H2,1-3H3. The lowest BCUT2D eigenvalue weighted by Gasteiger charge is -2.07. The van der Waals surface area contributed by atoms with Gasteiger partial charge in [0.05, 0.1) is 0 Å². The van der Waals surface area contributed by atoms with Crippen molar-refractivity contribution in [3.63, 3.8) is 0 Å². The highest BCUT2D eigenvalue weighted by Crippen LogP contribution is 2.16. The molecular weight excluding hydrogens is 244 g/mol. The maximum atomic E-state index is 4.49. The van der Waals surface area contributed by atoms with Crippen LogP contribution < -0.4 is 0 Å². The van der Waals surface area contributed by atoms with Crippen LogP contribution in [0.25, 0.3) is 11.4 Å². The highest BCUT2D eigenvalue weighted by molar-refractivity contribution is 5.54. The summed E-state index contributed by atoms with van der Waals surface area (Å²) in [6.45, 7) is 6.66. The molecule has 0 aliphatic rings. The van der Waals surface area contributed by atoms with Gasteiger partial charge in [0, 0.05) is 18.0 Å². The number of aryl methyl sites for hydroxylation is 2. The van der Waals surface area contributed by atoms with Crippen LogP contribution in [-0.4, -0.2) is 9.97 Å². The molecule has 106 valence electrons. The minimum atomic E-state index is 0.815. The summed E-state index contributed by atoms with van der Waals surface area (Å²) in [5, 5.41) is 0. The summed E-state index contributed by atoms with van der Waals surface area (Å²) in [5.74, 6) is 1.64. The zero-order valence-electron chi connectivity index (χ0n) is 12.8. The van der Waals surface area contributed by atoms with Crippen molar-refractivity contribution < 1.29 is 0 Å². The predicted octanol–water partition coefficient (Wildman–Crippen LogP) is 4.82. The van der Waals surface area contributed by atoms with E-state index in [1.54, 1.807) is 0 Å². The third-order valence-electron chi connectivity index (χ3n) is 3.87. The first-order valence-corrected chi connectivity index (χ1v) is 7.57. The minimum absolute atomic E-state index is 0.815. The summed E-state index contributed by atoms with van der Waals surface area (Å²) in [7, 11) is 0. The normalized spacial score (nSPS) is 12.3. The highest BCUT2D eigenvalue weighted by Gasteiger charge is 2.03. The fourth-order valence-electron chi connectivity index (χ4n) is 2.19. The fraction of sp³-hybridized carbons (Fsp3) is 0.444. The van der Waals surface area contributed by atoms with Crippen LogP contribution in [0.3, 0.4) is 0 Å². The van der Waals surface area contributed by atoms with Crippen molar-refractivity contribution in [3.8, 4) is 11.4 Å². The van der Waals surface area contributed by atoms with E-state index in [1.165, 1.54) is 30.4 Å². The molecule has 2 aromatic rings. The Morgan fingerprint density at radius 2 is 1.70 bits per heavy atom. The molecule has 0 radical (unpaired) electrons. The molecule has 2 rings (SSSR count). The average molecular weight is 268 g/mol. The molecule has 0 bridgehead atoms. The van der Waals surface area contributed by atoms with Crippen molar-refractivity contribution in [3.05, 3.63) is 47.8 Å². The first-order valence-electron chi connectivity index (χ1n) is 7.57. The minimum Gasteiger partial charge on any atom is -0.236 e. The molecule has 0 spiro atoms. The molecule has 0 fully saturated rings. The van der Waals surface area contributed by atoms with Crippen LogP contribution in [-0.2, 0) is 6.42 Å². The lowest BCUT2D eigenvalue weighted by Crippen LogP contribution is -1.96. The molecule has 0 N–H and O–H groups in total. The fourth-order valence-corrected chi connectivity index (χ4v) is 2.19. The Hall–Kier alpha value is -1.70. The third kappa shape index (κ3) is 4.16. The molecule has 0 saturated heterocycles. The number of hydrogen-bond acceptors (Lipinski definition) is 2. The third-order valence-corrected chi connectivity index (χ3v) is 3.87. The van der Waals surface area contributed by atoms with Gasteiger partial charge in [0.25, 0.3) is 0 Å². The van der Waals surface area contributed by atoms with E-state index in [1.807, 2.05) is 12.4 Å². The van der Waals surface area contributed by atoms with E-state index in [4.69, 9.17) is 0 Å². The van der Waals surface area contributed by atoms with Crippen molar-refractivity contribution in [1.82, 2.24) is 9.97 Å². The van der Waals surface area contributed by atoms with Gasteiger partial charge >= 0.3 is 0 Å². The van der Waals surface area contributed by atoms with Gasteiger partial charge in [0.1, 0.15) is 0 Å². The monoisotopic (exact) mass is 268 g/mol. The van der Waals surface area contributed by atoms with E-state index in [0.717, 1.165) is 23.7 Å². The van der Waals surface area contributed by atoms with Gasteiger partial charge in [-0.2, -0.15) is 0 Å². The Balaban J connectivity index is 1.94. The molecule has 1 atom stereocenters. The van der Waals surface area contributed by atoms with Gasteiger partial charge in [-0.05, 0) is 31.2 Å². The van der Waals surface area contributed by atoms with Crippen LogP contribution in [0.1, 0.15) is 44.2 Å². The van der Waals surface area contributed by atoms with Gasteiger partial charge in [-0.25, -0.2) is 9.97 Å². The smallest absolute Gasteiger partial charge is 0.159 e. The second kappa shape index (κ2) is 7.18. The van der Waals surface area contributed by atoms with Gasteiger partial charge in [-0.15, -0.1) is 0 Å². The predicted molar refractivity (Wildman–Crippen MR) is 84.6 cm³/mol. The van der Waals surface area contributed by atoms with E-state index in [2.05, 4.69) is 55.0 Å². The lowest BCUT2D eigenvalue weighted by molar-refractivity contribution is 0.495. The Kier molecular flexibility index (Phi) is 5.28. The van der Waals surface area contributed by atoms with E-state index in [9.17, 15) is 0 Å². The Labute approximate surface area is 122 Å². The highest BCUT2D eigenvalue weighted by atomic mass is 14.9. The summed E-state index contributed by atoms with van der Waals surface area (Å²) < 4.78 is 0. The van der Waals surface area contributed by atoms with Crippen molar-refractivity contribution in [1.29, 1.82) is 0 Å². The zero-order valence-corrected chi connectivity index (χ0v) is 12.8. The van der Waals surface area contributed by atoms with Crippen LogP contribution in [0.2, 0.25) is 0 Å². The van der Waals surface area contributed by atoms with E-state index in [0.29, 0.717) is 0 Å². The van der Waals surface area contributed by atoms with Crippen molar-refractivity contribution in [2.24, 2.45) is 5.92 Å². The molecule has 0 amide bonds. The summed E-state index contributed by atoms with van der Waals surface area (Å²) in [6, 6.07) is 8.35. The molecule has 0 saturated carbocycles. The van der Waals surface area contributed by atoms with E-state index >= 15 is 0 Å². The lowest BCUT2D eigenvalue weighted by atomic mass is 10.0. The molecule has 0 aliphatic carbocycles. The van der Waals surface area contributed by atoms with Crippen LogP contribution in [0.4, 0.5) is 0 Å². The summed E-state index contributed by atoms with van der Waals surface area (Å²) in [6.07, 6.45) is 8.80. The Morgan fingerprint density at radius 3 is 2.30 bits per heavy atom. The molecule has 1 unspecified atom stereocenters. The molecule has 1 aromatic heterocycles. The number of nitrogens with zero attached hydrogens (tertiary/aromatic N) is 2. The van der Waals surface area contributed by atoms with Crippen molar-refractivity contribution in [2.75, 3.05) is 0 Å². The molecular formula is C18H24N2. The maximum absolute atomic E-state index is 4.49. The van der Waals surface area contributed by atoms with Crippen LogP contribution >= 0.6 is 0 Å². The summed E-state index contributed by atoms with van der Waals surface area (Å²) >= 11 is 0. The van der Waals surface area contributed by atoms with Crippen molar-refractivity contribution >= 4 is 0 Å². The second-order valence-corrected chi connectivity index (χ2v) is 5.69. The van der Waals surface area contributed by atoms with E-state index in [-0.39, 0.29) is 0 Å². The number of benzene rings is 1. The van der Waals surface area contributed by atoms with Crippen LogP contribution in [0, 0.1) is 12.8 Å². The average Bonchev–Trinajstić information content (AvgIpc) is 2.48. The topological polar surface area (TPSA) is 25.8 Å². The van der Waals surface area contributed by atoms with Crippen molar-refractivity contribution in [2.45, 2.75) is 46.5 Å². The molecule has 20 heavy (non-hydrogen) atoms. The summed E-state index contributed by atoms with van der Waals surface area (Å²) in [5.41, 5.74) is 3.58. The number of rotatable bonds is 6. The first-order chi connectivity index (χ1) is 9.69. The van der Waals surface area contributed by atoms with Gasteiger partial charge in [0.15, 0.2) is 5.82 Å². The second-order valence-electron chi connectivity index (χ2n) is 5.69. The summed E-state index contributed by atoms with van der Waals surface area (Å²) in [4.78, 5) is 8.97. The Bertz CT molecular complexity index is 514. The zero-order chi connectivity index (χ0) is 14.4. The van der Waals surface area contributed by atoms with Crippen LogP contribution in [0.5, 0.6) is 0 Å². The molecule has 2 nitrogen and oxygen atoms in total. The molecule has 1 aromatic carbocycles. The number of aromatic nitrogens is 2. The van der Waals surface area contributed by atoms with Gasteiger partial charge in [-0.3, -0.25) is 0 Å². The Morgan fingerprint density at radius 1 is 1.05 bits per heavy atom. The van der Waals surface area contributed by atoms with Gasteiger partial charge in [0.2, 0.25) is 0 Å². The SMILES string of the molecule is CCC(C)CCCc1cnc(-c2ccc(C)cc2)nc1. The maximum Gasteiger partial charge on any atom is 0.159 e. The molecule has 0 aliphatic heterocycles. The molecule has 2 heteroatoms. The van der Waals surface area contributed by atoms with E-state index < -0.39 is 0 Å². The molecule has 1 heterocycles. The van der Waals surface area contributed by atoms with Gasteiger partial charge < -0.3 is 0 Å². The number of hydrogen-bond donors (Lipinski definition) is 0. The quantitative estimate of drug-likeness (QED) is 0.750. The largest absolute Gasteiger partial charge is 0.236 e.